The Morgan fingerprint density at radius 3 is 1.88 bits per heavy atom. The summed E-state index contributed by atoms with van der Waals surface area (Å²) in [5.74, 6) is 0. The minimum absolute atomic E-state index is 0.0246. The van der Waals surface area contributed by atoms with Crippen molar-refractivity contribution in [1.29, 1.82) is 0 Å². The summed E-state index contributed by atoms with van der Waals surface area (Å²) in [4.78, 5) is 0. The molecule has 0 aliphatic heterocycles. The zero-order valence-corrected chi connectivity index (χ0v) is 9.86. The molecule has 0 heterocycles. The molecule has 16 heavy (non-hydrogen) atoms. The molecular weight excluding hydrogens is 213 g/mol. The quantitative estimate of drug-likeness (QED) is 0.718. The molecule has 1 aromatic rings. The fourth-order valence-electron chi connectivity index (χ4n) is 1.51. The summed E-state index contributed by atoms with van der Waals surface area (Å²) in [5, 5.41) is 0. The van der Waals surface area contributed by atoms with E-state index in [1.807, 2.05) is 0 Å². The fourth-order valence-corrected chi connectivity index (χ4v) is 1.51. The van der Waals surface area contributed by atoms with Crippen LogP contribution in [0.4, 0.5) is 13.2 Å². The lowest BCUT2D eigenvalue weighted by Gasteiger charge is -2.23. The zero-order chi connectivity index (χ0) is 12.4. The summed E-state index contributed by atoms with van der Waals surface area (Å²) in [5.41, 5.74) is 1.43. The third kappa shape index (κ3) is 3.54. The van der Waals surface area contributed by atoms with Crippen molar-refractivity contribution >= 4 is 0 Å². The first-order valence-corrected chi connectivity index (χ1v) is 5.41. The molecule has 0 spiro atoms. The van der Waals surface area contributed by atoms with Crippen molar-refractivity contribution in [2.75, 3.05) is 0 Å². The molecule has 0 saturated heterocycles. The Kier molecular flexibility index (Phi) is 3.66. The molecule has 90 valence electrons. The minimum atomic E-state index is -4.12. The first-order chi connectivity index (χ1) is 7.24. The lowest BCUT2D eigenvalue weighted by Crippen LogP contribution is -2.16. The van der Waals surface area contributed by atoms with E-state index in [1.54, 1.807) is 24.3 Å². The van der Waals surface area contributed by atoms with Crippen LogP contribution in [0.2, 0.25) is 0 Å². The summed E-state index contributed by atoms with van der Waals surface area (Å²) in [6.45, 7) is 6.25. The van der Waals surface area contributed by atoms with Gasteiger partial charge in [0.05, 0.1) is 6.42 Å². The number of benzene rings is 1. The van der Waals surface area contributed by atoms with E-state index < -0.39 is 12.6 Å². The first-order valence-electron chi connectivity index (χ1n) is 5.41. The molecule has 3 heteroatoms. The van der Waals surface area contributed by atoms with Gasteiger partial charge < -0.3 is 0 Å². The Morgan fingerprint density at radius 1 is 1.00 bits per heavy atom. The predicted molar refractivity (Wildman–Crippen MR) is 59.5 cm³/mol. The van der Waals surface area contributed by atoms with Crippen molar-refractivity contribution in [3.8, 4) is 0 Å². The van der Waals surface area contributed by atoms with Crippen LogP contribution in [0.3, 0.4) is 0 Å². The Morgan fingerprint density at radius 2 is 1.50 bits per heavy atom. The van der Waals surface area contributed by atoms with Crippen molar-refractivity contribution < 1.29 is 13.2 Å². The molecule has 0 N–H and O–H groups in total. The van der Waals surface area contributed by atoms with Crippen LogP contribution in [-0.4, -0.2) is 6.18 Å². The van der Waals surface area contributed by atoms with Crippen LogP contribution in [-0.2, 0) is 11.8 Å². The van der Waals surface area contributed by atoms with Gasteiger partial charge in [-0.15, -0.1) is 0 Å². The maximum Gasteiger partial charge on any atom is 0.393 e. The van der Waals surface area contributed by atoms with E-state index in [0.29, 0.717) is 5.56 Å². The molecule has 0 aromatic heterocycles. The SMILES string of the molecule is CCC(C)(C)c1ccc(CC(F)(F)F)cc1. The Hall–Kier alpha value is -0.990. The van der Waals surface area contributed by atoms with Gasteiger partial charge in [0, 0.05) is 0 Å². The molecule has 0 aliphatic carbocycles. The predicted octanol–water partition coefficient (Wildman–Crippen LogP) is 4.48. The van der Waals surface area contributed by atoms with E-state index in [-0.39, 0.29) is 5.41 Å². The molecule has 0 saturated carbocycles. The number of hydrogen-bond acceptors (Lipinski definition) is 0. The average Bonchev–Trinajstić information content (AvgIpc) is 2.16. The highest BCUT2D eigenvalue weighted by Crippen LogP contribution is 2.28. The van der Waals surface area contributed by atoms with Gasteiger partial charge in [-0.2, -0.15) is 13.2 Å². The number of halogens is 3. The molecule has 1 rings (SSSR count). The van der Waals surface area contributed by atoms with Gasteiger partial charge in [0.15, 0.2) is 0 Å². The molecule has 0 aliphatic rings. The van der Waals surface area contributed by atoms with E-state index in [1.165, 1.54) is 0 Å². The molecule has 0 unspecified atom stereocenters. The summed E-state index contributed by atoms with van der Waals surface area (Å²) in [6.07, 6.45) is -4.01. The Balaban J connectivity index is 2.84. The molecule has 0 radical (unpaired) electrons. The van der Waals surface area contributed by atoms with Crippen LogP contribution in [0, 0.1) is 0 Å². The molecule has 0 nitrogen and oxygen atoms in total. The zero-order valence-electron chi connectivity index (χ0n) is 9.86. The van der Waals surface area contributed by atoms with Crippen LogP contribution in [0.1, 0.15) is 38.3 Å². The summed E-state index contributed by atoms with van der Waals surface area (Å²) in [7, 11) is 0. The summed E-state index contributed by atoms with van der Waals surface area (Å²) in [6, 6.07) is 6.73. The van der Waals surface area contributed by atoms with Gasteiger partial charge in [-0.3, -0.25) is 0 Å². The first kappa shape index (κ1) is 13.1. The molecule has 0 bridgehead atoms. The van der Waals surface area contributed by atoms with Gasteiger partial charge in [-0.1, -0.05) is 45.0 Å². The maximum atomic E-state index is 12.1. The van der Waals surface area contributed by atoms with Crippen molar-refractivity contribution in [1.82, 2.24) is 0 Å². The van der Waals surface area contributed by atoms with E-state index in [0.717, 1.165) is 12.0 Å². The van der Waals surface area contributed by atoms with E-state index in [2.05, 4.69) is 20.8 Å². The van der Waals surface area contributed by atoms with Gasteiger partial charge in [0.25, 0.3) is 0 Å². The average molecular weight is 230 g/mol. The second kappa shape index (κ2) is 4.48. The number of rotatable bonds is 3. The smallest absolute Gasteiger partial charge is 0.171 e. The lowest BCUT2D eigenvalue weighted by molar-refractivity contribution is -0.127. The van der Waals surface area contributed by atoms with E-state index in [4.69, 9.17) is 0 Å². The maximum absolute atomic E-state index is 12.1. The monoisotopic (exact) mass is 230 g/mol. The second-order valence-electron chi connectivity index (χ2n) is 4.73. The van der Waals surface area contributed by atoms with Gasteiger partial charge in [0.1, 0.15) is 0 Å². The van der Waals surface area contributed by atoms with Gasteiger partial charge in [0.2, 0.25) is 0 Å². The highest BCUT2D eigenvalue weighted by molar-refractivity contribution is 5.28. The number of alkyl halides is 3. The molecule has 0 atom stereocenters. The van der Waals surface area contributed by atoms with Crippen LogP contribution in [0.25, 0.3) is 0 Å². The summed E-state index contributed by atoms with van der Waals surface area (Å²) < 4.78 is 36.4. The fraction of sp³-hybridized carbons (Fsp3) is 0.538. The van der Waals surface area contributed by atoms with Crippen molar-refractivity contribution in [3.63, 3.8) is 0 Å². The van der Waals surface area contributed by atoms with E-state index >= 15 is 0 Å². The Bertz CT molecular complexity index is 333. The number of hydrogen-bond donors (Lipinski definition) is 0. The van der Waals surface area contributed by atoms with Crippen LogP contribution >= 0.6 is 0 Å². The van der Waals surface area contributed by atoms with Crippen molar-refractivity contribution in [2.45, 2.75) is 45.2 Å². The van der Waals surface area contributed by atoms with Crippen molar-refractivity contribution in [3.05, 3.63) is 35.4 Å². The van der Waals surface area contributed by atoms with Crippen molar-refractivity contribution in [2.24, 2.45) is 0 Å². The Labute approximate surface area is 94.5 Å². The largest absolute Gasteiger partial charge is 0.393 e. The minimum Gasteiger partial charge on any atom is -0.171 e. The van der Waals surface area contributed by atoms with Gasteiger partial charge in [-0.05, 0) is 23.0 Å². The highest BCUT2D eigenvalue weighted by Gasteiger charge is 2.27. The summed E-state index contributed by atoms with van der Waals surface area (Å²) >= 11 is 0. The molecule has 0 fully saturated rings. The van der Waals surface area contributed by atoms with Crippen LogP contribution in [0.5, 0.6) is 0 Å². The second-order valence-corrected chi connectivity index (χ2v) is 4.73. The van der Waals surface area contributed by atoms with Crippen LogP contribution in [0.15, 0.2) is 24.3 Å². The van der Waals surface area contributed by atoms with Gasteiger partial charge >= 0.3 is 6.18 Å². The molecule has 0 amide bonds. The van der Waals surface area contributed by atoms with E-state index in [9.17, 15) is 13.2 Å². The normalized spacial score (nSPS) is 12.9. The third-order valence-electron chi connectivity index (χ3n) is 3.02. The topological polar surface area (TPSA) is 0 Å². The third-order valence-corrected chi connectivity index (χ3v) is 3.02. The molecule has 1 aromatic carbocycles. The highest BCUT2D eigenvalue weighted by atomic mass is 19.4. The van der Waals surface area contributed by atoms with Crippen LogP contribution < -0.4 is 0 Å². The van der Waals surface area contributed by atoms with Gasteiger partial charge in [-0.25, -0.2) is 0 Å². The lowest BCUT2D eigenvalue weighted by atomic mass is 9.82. The standard InChI is InChI=1S/C13H17F3/c1-4-12(2,3)11-7-5-10(6-8-11)9-13(14,15)16/h5-8H,4,9H2,1-3H3. The molecular formula is C13H17F3.